The molecule has 0 aromatic rings. The summed E-state index contributed by atoms with van der Waals surface area (Å²) in [5.74, 6) is 0.694. The van der Waals surface area contributed by atoms with Crippen molar-refractivity contribution in [3.63, 3.8) is 0 Å². The van der Waals surface area contributed by atoms with Crippen molar-refractivity contribution in [2.45, 2.75) is 0 Å². The van der Waals surface area contributed by atoms with Crippen LogP contribution in [0.15, 0.2) is 0 Å². The lowest BCUT2D eigenvalue weighted by Gasteiger charge is -2.35. The highest BCUT2D eigenvalue weighted by Crippen LogP contribution is 2.39. The van der Waals surface area contributed by atoms with Crippen molar-refractivity contribution >= 4 is 10.5 Å². The van der Waals surface area contributed by atoms with Crippen molar-refractivity contribution in [3.05, 3.63) is 0 Å². The summed E-state index contributed by atoms with van der Waals surface area (Å²) in [4.78, 5) is 0. The first kappa shape index (κ1) is 9.23. The molecular formula is C5H16N2OS. The maximum Gasteiger partial charge on any atom is 0.0235 e. The highest BCUT2D eigenvalue weighted by molar-refractivity contribution is 8.26. The van der Waals surface area contributed by atoms with Crippen LogP contribution in [0.25, 0.3) is 0 Å². The minimum absolute atomic E-state index is 0.556. The van der Waals surface area contributed by atoms with Gasteiger partial charge >= 0.3 is 0 Å². The minimum atomic E-state index is -1.54. The van der Waals surface area contributed by atoms with Gasteiger partial charge in [0, 0.05) is 12.3 Å². The van der Waals surface area contributed by atoms with E-state index >= 15 is 0 Å². The zero-order valence-corrected chi connectivity index (χ0v) is 7.11. The van der Waals surface area contributed by atoms with Gasteiger partial charge in [-0.15, -0.1) is 0 Å². The van der Waals surface area contributed by atoms with Crippen LogP contribution in [0.5, 0.6) is 0 Å². The molecule has 0 aliphatic rings. The van der Waals surface area contributed by atoms with Crippen LogP contribution in [0.3, 0.4) is 0 Å². The zero-order valence-electron chi connectivity index (χ0n) is 6.29. The molecule has 0 amide bonds. The summed E-state index contributed by atoms with van der Waals surface area (Å²) >= 11 is 0. The quantitative estimate of drug-likeness (QED) is 0.612. The number of nitrogens with two attached hydrogens (primary N) is 1. The SMILES string of the molecule is CN(C)S(C)(O)CCN. The van der Waals surface area contributed by atoms with Gasteiger partial charge in [0.15, 0.2) is 0 Å². The average Bonchev–Trinajstić information content (AvgIpc) is 1.65. The minimum Gasteiger partial charge on any atom is -0.338 e. The van der Waals surface area contributed by atoms with Crippen LogP contribution in [-0.2, 0) is 0 Å². The molecular weight excluding hydrogens is 136 g/mol. The Labute approximate surface area is 58.5 Å². The molecule has 9 heavy (non-hydrogen) atoms. The molecule has 0 aromatic heterocycles. The fourth-order valence-corrected chi connectivity index (χ4v) is 1.22. The number of hydrogen-bond acceptors (Lipinski definition) is 3. The normalized spacial score (nSPS) is 21.6. The molecule has 0 rings (SSSR count). The number of nitrogens with zero attached hydrogens (tertiary/aromatic N) is 1. The second-order valence-electron chi connectivity index (χ2n) is 2.30. The standard InChI is InChI=1S/C5H16N2OS/c1-7(2)9(3,8)5-4-6/h8H,4-6H2,1-3H3. The number of hydrogen-bond donors (Lipinski definition) is 2. The third kappa shape index (κ3) is 3.05. The fraction of sp³-hybridized carbons (Fsp3) is 1.00. The van der Waals surface area contributed by atoms with Gasteiger partial charge in [-0.05, 0) is 20.4 Å². The summed E-state index contributed by atoms with van der Waals surface area (Å²) in [6.07, 6.45) is 1.83. The Morgan fingerprint density at radius 1 is 1.56 bits per heavy atom. The van der Waals surface area contributed by atoms with Gasteiger partial charge in [0.05, 0.1) is 0 Å². The lowest BCUT2D eigenvalue weighted by atomic mass is 10.8. The Bertz CT molecular complexity index is 85.0. The molecule has 0 aromatic carbocycles. The summed E-state index contributed by atoms with van der Waals surface area (Å²) in [7, 11) is 2.19. The highest BCUT2D eigenvalue weighted by Gasteiger charge is 2.14. The van der Waals surface area contributed by atoms with Gasteiger partial charge in [0.25, 0.3) is 0 Å². The first-order valence-corrected chi connectivity index (χ1v) is 4.99. The Morgan fingerprint density at radius 3 is 2.11 bits per heavy atom. The van der Waals surface area contributed by atoms with Crippen molar-refractivity contribution in [3.8, 4) is 0 Å². The lowest BCUT2D eigenvalue weighted by Crippen LogP contribution is -2.24. The molecule has 0 radical (unpaired) electrons. The van der Waals surface area contributed by atoms with Gasteiger partial charge < -0.3 is 10.3 Å². The molecule has 58 valence electrons. The van der Waals surface area contributed by atoms with Crippen LogP contribution in [-0.4, -0.2) is 41.5 Å². The topological polar surface area (TPSA) is 49.5 Å². The molecule has 0 aliphatic heterocycles. The van der Waals surface area contributed by atoms with E-state index in [4.69, 9.17) is 5.73 Å². The van der Waals surface area contributed by atoms with Gasteiger partial charge in [0.2, 0.25) is 0 Å². The molecule has 0 fully saturated rings. The molecule has 0 saturated heterocycles. The first-order valence-electron chi connectivity index (χ1n) is 2.86. The van der Waals surface area contributed by atoms with E-state index in [2.05, 4.69) is 0 Å². The van der Waals surface area contributed by atoms with E-state index in [-0.39, 0.29) is 0 Å². The fourth-order valence-electron chi connectivity index (χ4n) is 0.406. The third-order valence-corrected chi connectivity index (χ3v) is 3.87. The van der Waals surface area contributed by atoms with E-state index in [1.165, 1.54) is 0 Å². The molecule has 0 aliphatic carbocycles. The van der Waals surface area contributed by atoms with Gasteiger partial charge in [-0.25, -0.2) is 0 Å². The van der Waals surface area contributed by atoms with Gasteiger partial charge in [-0.2, -0.15) is 0 Å². The van der Waals surface area contributed by atoms with Crippen LogP contribution in [0.4, 0.5) is 0 Å². The molecule has 0 spiro atoms. The second kappa shape index (κ2) is 3.41. The zero-order chi connectivity index (χ0) is 7.49. The molecule has 0 bridgehead atoms. The van der Waals surface area contributed by atoms with Crippen LogP contribution in [0.1, 0.15) is 0 Å². The molecule has 0 heterocycles. The molecule has 3 N–H and O–H groups in total. The predicted octanol–water partition coefficient (Wildman–Crippen LogP) is 0.329. The summed E-state index contributed by atoms with van der Waals surface area (Å²) in [5.41, 5.74) is 5.29. The van der Waals surface area contributed by atoms with Crippen molar-refractivity contribution < 1.29 is 4.55 Å². The Hall–Kier alpha value is 0.230. The molecule has 3 nitrogen and oxygen atoms in total. The molecule has 0 saturated carbocycles. The molecule has 1 unspecified atom stereocenters. The van der Waals surface area contributed by atoms with Crippen molar-refractivity contribution in [2.75, 3.05) is 32.6 Å². The van der Waals surface area contributed by atoms with E-state index in [0.717, 1.165) is 0 Å². The predicted molar refractivity (Wildman–Crippen MR) is 43.8 cm³/mol. The monoisotopic (exact) mass is 152 g/mol. The summed E-state index contributed by atoms with van der Waals surface area (Å²) in [6, 6.07) is 0. The Balaban J connectivity index is 3.70. The van der Waals surface area contributed by atoms with Crippen molar-refractivity contribution in [1.29, 1.82) is 0 Å². The summed E-state index contributed by atoms with van der Waals surface area (Å²) in [5, 5.41) is 0. The van der Waals surface area contributed by atoms with E-state index in [9.17, 15) is 4.55 Å². The van der Waals surface area contributed by atoms with Gasteiger partial charge in [-0.3, -0.25) is 4.31 Å². The smallest absolute Gasteiger partial charge is 0.0235 e. The van der Waals surface area contributed by atoms with Crippen LogP contribution >= 0.6 is 10.5 Å². The average molecular weight is 152 g/mol. The van der Waals surface area contributed by atoms with Crippen LogP contribution in [0.2, 0.25) is 0 Å². The first-order chi connectivity index (χ1) is 4.00. The maximum atomic E-state index is 9.52. The largest absolute Gasteiger partial charge is 0.338 e. The Kier molecular flexibility index (Phi) is 3.50. The second-order valence-corrected chi connectivity index (χ2v) is 5.42. The van der Waals surface area contributed by atoms with E-state index < -0.39 is 10.5 Å². The molecule has 1 atom stereocenters. The maximum absolute atomic E-state index is 9.52. The van der Waals surface area contributed by atoms with E-state index in [1.54, 1.807) is 0 Å². The Morgan fingerprint density at radius 2 is 2.00 bits per heavy atom. The van der Waals surface area contributed by atoms with Crippen molar-refractivity contribution in [2.24, 2.45) is 5.73 Å². The van der Waals surface area contributed by atoms with Gasteiger partial charge in [0.1, 0.15) is 0 Å². The van der Waals surface area contributed by atoms with Crippen LogP contribution in [0, 0.1) is 0 Å². The van der Waals surface area contributed by atoms with Crippen molar-refractivity contribution in [1.82, 2.24) is 4.31 Å². The third-order valence-electron chi connectivity index (χ3n) is 1.29. The van der Waals surface area contributed by atoms with E-state index in [1.807, 2.05) is 24.7 Å². The summed E-state index contributed by atoms with van der Waals surface area (Å²) < 4.78 is 11.4. The van der Waals surface area contributed by atoms with E-state index in [0.29, 0.717) is 12.3 Å². The summed E-state index contributed by atoms with van der Waals surface area (Å²) in [6.45, 7) is 0.556. The lowest BCUT2D eigenvalue weighted by molar-refractivity contribution is 0.537. The van der Waals surface area contributed by atoms with Crippen LogP contribution < -0.4 is 5.73 Å². The molecule has 4 heteroatoms. The number of rotatable bonds is 3. The van der Waals surface area contributed by atoms with Gasteiger partial charge in [-0.1, -0.05) is 10.5 Å². The highest BCUT2D eigenvalue weighted by atomic mass is 32.3.